The number of hydrogen-bond donors (Lipinski definition) is 1. The molecule has 0 fully saturated rings. The molecule has 27 heavy (non-hydrogen) atoms. The Morgan fingerprint density at radius 2 is 1.81 bits per heavy atom. The lowest BCUT2D eigenvalue weighted by molar-refractivity contribution is -0.131. The highest BCUT2D eigenvalue weighted by Crippen LogP contribution is 2.33. The summed E-state index contributed by atoms with van der Waals surface area (Å²) in [6.07, 6.45) is 2.05. The van der Waals surface area contributed by atoms with Crippen molar-refractivity contribution in [1.82, 2.24) is 10.4 Å². The minimum absolute atomic E-state index is 0.0848. The fourth-order valence-corrected chi connectivity index (χ4v) is 3.44. The van der Waals surface area contributed by atoms with E-state index >= 15 is 0 Å². The maximum absolute atomic E-state index is 12.4. The molecule has 1 atom stereocenters. The molecule has 4 rings (SSSR count). The number of hydrogen-bond acceptors (Lipinski definition) is 3. The second-order valence-electron chi connectivity index (χ2n) is 6.37. The van der Waals surface area contributed by atoms with Crippen molar-refractivity contribution in [2.45, 2.75) is 6.04 Å². The van der Waals surface area contributed by atoms with Crippen LogP contribution in [0.2, 0.25) is 0 Å². The van der Waals surface area contributed by atoms with Gasteiger partial charge in [0.25, 0.3) is 5.91 Å². The first-order valence-corrected chi connectivity index (χ1v) is 9.22. The maximum Gasteiger partial charge on any atom is 0.256 e. The van der Waals surface area contributed by atoms with E-state index in [1.54, 1.807) is 12.1 Å². The number of rotatable bonds is 4. The molecule has 1 heterocycles. The molecule has 1 amide bonds. The summed E-state index contributed by atoms with van der Waals surface area (Å²) >= 11 is 5.83. The highest BCUT2D eigenvalue weighted by molar-refractivity contribution is 6.27. The molecular formula is C22H19ClN2O2. The summed E-state index contributed by atoms with van der Waals surface area (Å²) in [6.45, 7) is 0. The number of amides is 1. The van der Waals surface area contributed by atoms with Crippen LogP contribution in [0.4, 0.5) is 0 Å². The normalized spacial score (nSPS) is 16.1. The fourth-order valence-electron chi connectivity index (χ4n) is 3.31. The van der Waals surface area contributed by atoms with Gasteiger partial charge in [0.1, 0.15) is 11.6 Å². The summed E-state index contributed by atoms with van der Waals surface area (Å²) in [5.41, 5.74) is 6.13. The molecule has 1 aliphatic heterocycles. The van der Waals surface area contributed by atoms with Crippen molar-refractivity contribution in [2.75, 3.05) is 13.0 Å². The summed E-state index contributed by atoms with van der Waals surface area (Å²) in [7, 11) is 1.63. The summed E-state index contributed by atoms with van der Waals surface area (Å²) in [4.78, 5) is 12.4. The summed E-state index contributed by atoms with van der Waals surface area (Å²) in [5, 5.41) is 3.92. The van der Waals surface area contributed by atoms with Gasteiger partial charge in [-0.1, -0.05) is 48.5 Å². The van der Waals surface area contributed by atoms with Gasteiger partial charge in [-0.2, -0.15) is 0 Å². The van der Waals surface area contributed by atoms with E-state index in [1.807, 2.05) is 36.4 Å². The van der Waals surface area contributed by atoms with Crippen molar-refractivity contribution in [3.8, 4) is 5.75 Å². The molecule has 0 bridgehead atoms. The quantitative estimate of drug-likeness (QED) is 0.679. The number of nitrogens with zero attached hydrogens (tertiary/aromatic N) is 1. The van der Waals surface area contributed by atoms with Crippen molar-refractivity contribution >= 4 is 34.0 Å². The summed E-state index contributed by atoms with van der Waals surface area (Å²) in [6, 6.07) is 21.9. The number of carbonyl (C=O) groups excluding carboxylic acids is 1. The Morgan fingerprint density at radius 1 is 1.07 bits per heavy atom. The lowest BCUT2D eigenvalue weighted by Crippen LogP contribution is -2.40. The number of alkyl halides is 1. The Kier molecular flexibility index (Phi) is 4.73. The van der Waals surface area contributed by atoms with E-state index in [-0.39, 0.29) is 17.8 Å². The smallest absolute Gasteiger partial charge is 0.256 e. The van der Waals surface area contributed by atoms with Gasteiger partial charge in [-0.3, -0.25) is 10.2 Å². The maximum atomic E-state index is 12.4. The third-order valence-electron chi connectivity index (χ3n) is 4.74. The zero-order valence-corrected chi connectivity index (χ0v) is 15.6. The third kappa shape index (κ3) is 3.36. The molecule has 0 aromatic heterocycles. The van der Waals surface area contributed by atoms with E-state index in [2.05, 4.69) is 41.8 Å². The van der Waals surface area contributed by atoms with Gasteiger partial charge in [0.05, 0.1) is 18.8 Å². The molecule has 0 saturated heterocycles. The second kappa shape index (κ2) is 7.33. The summed E-state index contributed by atoms with van der Waals surface area (Å²) < 4.78 is 5.23. The largest absolute Gasteiger partial charge is 0.497 e. The van der Waals surface area contributed by atoms with Crippen LogP contribution < -0.4 is 10.2 Å². The van der Waals surface area contributed by atoms with Crippen LogP contribution in [0.1, 0.15) is 17.2 Å². The lowest BCUT2D eigenvalue weighted by Gasteiger charge is -2.24. The summed E-state index contributed by atoms with van der Waals surface area (Å²) in [5.74, 6) is 0.515. The molecule has 3 aromatic carbocycles. The van der Waals surface area contributed by atoms with Crippen molar-refractivity contribution in [3.05, 3.63) is 83.9 Å². The van der Waals surface area contributed by atoms with Gasteiger partial charge < -0.3 is 4.74 Å². The Hall–Kier alpha value is -2.98. The molecule has 5 heteroatoms. The Morgan fingerprint density at radius 3 is 2.52 bits per heavy atom. The number of carbonyl (C=O) groups is 1. The average Bonchev–Trinajstić information content (AvgIpc) is 3.18. The molecule has 1 N–H and O–H groups in total. The van der Waals surface area contributed by atoms with E-state index in [0.29, 0.717) is 0 Å². The molecule has 0 spiro atoms. The number of fused-ring (bicyclic) bond motifs is 1. The molecule has 0 aliphatic carbocycles. The van der Waals surface area contributed by atoms with Crippen LogP contribution in [0.5, 0.6) is 5.75 Å². The van der Waals surface area contributed by atoms with Gasteiger partial charge in [-0.25, -0.2) is 5.01 Å². The molecule has 1 aliphatic rings. The van der Waals surface area contributed by atoms with E-state index in [0.717, 1.165) is 28.0 Å². The van der Waals surface area contributed by atoms with Gasteiger partial charge in [0, 0.05) is 0 Å². The number of ether oxygens (including phenoxy) is 1. The highest BCUT2D eigenvalue weighted by Gasteiger charge is 2.30. The van der Waals surface area contributed by atoms with Crippen molar-refractivity contribution in [1.29, 1.82) is 0 Å². The van der Waals surface area contributed by atoms with Crippen LogP contribution in [0.15, 0.2) is 72.8 Å². The van der Waals surface area contributed by atoms with E-state index < -0.39 is 0 Å². The Bertz CT molecular complexity index is 1010. The van der Waals surface area contributed by atoms with E-state index in [1.165, 1.54) is 5.39 Å². The number of benzene rings is 3. The van der Waals surface area contributed by atoms with Gasteiger partial charge in [-0.05, 0) is 46.2 Å². The van der Waals surface area contributed by atoms with Crippen LogP contribution in [-0.4, -0.2) is 23.9 Å². The highest BCUT2D eigenvalue weighted by atomic mass is 35.5. The van der Waals surface area contributed by atoms with Crippen molar-refractivity contribution < 1.29 is 9.53 Å². The van der Waals surface area contributed by atoms with Gasteiger partial charge >= 0.3 is 0 Å². The number of methoxy groups -OCH3 is 1. The molecular weight excluding hydrogens is 360 g/mol. The van der Waals surface area contributed by atoms with Crippen LogP contribution >= 0.6 is 11.6 Å². The first-order chi connectivity index (χ1) is 13.2. The van der Waals surface area contributed by atoms with Gasteiger partial charge in [0.2, 0.25) is 0 Å². The van der Waals surface area contributed by atoms with Crippen LogP contribution in [0.3, 0.4) is 0 Å². The zero-order valence-electron chi connectivity index (χ0n) is 14.9. The first-order valence-electron chi connectivity index (χ1n) is 8.69. The van der Waals surface area contributed by atoms with E-state index in [9.17, 15) is 4.79 Å². The number of halogens is 1. The predicted molar refractivity (Wildman–Crippen MR) is 108 cm³/mol. The second-order valence-corrected chi connectivity index (χ2v) is 6.64. The monoisotopic (exact) mass is 378 g/mol. The standard InChI is InChI=1S/C22H19ClN2O2/c1-27-19-10-8-16(9-11-19)21-13-20(24-25(21)22(26)14-23)18-7-6-15-4-2-3-5-17(15)12-18/h2-13,21,24H,14H2,1H3/t21-/m0/s1. The SMILES string of the molecule is COc1ccc([C@@H]2C=C(c3ccc4ccccc4c3)NN2C(=O)CCl)cc1. The lowest BCUT2D eigenvalue weighted by atomic mass is 10.0. The topological polar surface area (TPSA) is 41.6 Å². The minimum Gasteiger partial charge on any atom is -0.497 e. The Balaban J connectivity index is 1.72. The Labute approximate surface area is 163 Å². The fraction of sp³-hybridized carbons (Fsp3) is 0.136. The van der Waals surface area contributed by atoms with Crippen molar-refractivity contribution in [3.63, 3.8) is 0 Å². The molecule has 0 radical (unpaired) electrons. The predicted octanol–water partition coefficient (Wildman–Crippen LogP) is 4.52. The molecule has 4 nitrogen and oxygen atoms in total. The first kappa shape index (κ1) is 17.4. The molecule has 0 saturated carbocycles. The van der Waals surface area contributed by atoms with Crippen molar-refractivity contribution in [2.24, 2.45) is 0 Å². The minimum atomic E-state index is -0.233. The molecule has 0 unspecified atom stereocenters. The number of hydrazine groups is 1. The molecule has 3 aromatic rings. The van der Waals surface area contributed by atoms with Crippen LogP contribution in [-0.2, 0) is 4.79 Å². The average molecular weight is 379 g/mol. The van der Waals surface area contributed by atoms with E-state index in [4.69, 9.17) is 16.3 Å². The molecule has 136 valence electrons. The zero-order chi connectivity index (χ0) is 18.8. The third-order valence-corrected chi connectivity index (χ3v) is 4.97. The van der Waals surface area contributed by atoms with Gasteiger partial charge in [0.15, 0.2) is 0 Å². The number of nitrogens with one attached hydrogen (secondary N) is 1. The van der Waals surface area contributed by atoms with Crippen LogP contribution in [0, 0.1) is 0 Å². The van der Waals surface area contributed by atoms with Crippen LogP contribution in [0.25, 0.3) is 16.5 Å². The van der Waals surface area contributed by atoms with Gasteiger partial charge in [-0.15, -0.1) is 11.6 Å².